The number of hydrogen-bond donors (Lipinski definition) is 4. The third-order valence-corrected chi connectivity index (χ3v) is 7.64. The topological polar surface area (TPSA) is 124 Å². The highest BCUT2D eigenvalue weighted by molar-refractivity contribution is 5.93. The number of aliphatic hydroxyl groups is 1. The Hall–Kier alpha value is -3.72. The van der Waals surface area contributed by atoms with Gasteiger partial charge in [0.15, 0.2) is 0 Å². The normalized spacial score (nSPS) is 23.4. The molecule has 0 aliphatic heterocycles. The van der Waals surface area contributed by atoms with Crippen LogP contribution in [0.5, 0.6) is 0 Å². The Kier molecular flexibility index (Phi) is 5.15. The summed E-state index contributed by atoms with van der Waals surface area (Å²) in [6, 6.07) is 11.5. The summed E-state index contributed by atoms with van der Waals surface area (Å²) < 4.78 is 1.78. The molecule has 3 heterocycles. The molecule has 0 atom stereocenters. The molecule has 9 heteroatoms. The van der Waals surface area contributed by atoms with Crippen molar-refractivity contribution < 1.29 is 9.90 Å². The number of nitrogens with one attached hydrogen (secondary N) is 3. The van der Waals surface area contributed by atoms with Crippen LogP contribution in [0.2, 0.25) is 0 Å². The molecule has 0 radical (unpaired) electrons. The third-order valence-electron chi connectivity index (χ3n) is 7.64. The van der Waals surface area contributed by atoms with Gasteiger partial charge in [-0.05, 0) is 57.1 Å². The maximum Gasteiger partial charge on any atom is 0.272 e. The molecule has 0 bridgehead atoms. The van der Waals surface area contributed by atoms with Gasteiger partial charge in [-0.1, -0.05) is 18.2 Å². The van der Waals surface area contributed by atoms with E-state index in [1.54, 1.807) is 24.4 Å². The number of imidazole rings is 1. The summed E-state index contributed by atoms with van der Waals surface area (Å²) in [5, 5.41) is 24.9. The molecule has 9 nitrogen and oxygen atoms in total. The first-order valence-corrected chi connectivity index (χ1v) is 12.4. The number of aromatic nitrogens is 4. The van der Waals surface area contributed by atoms with E-state index in [2.05, 4.69) is 25.8 Å². The van der Waals surface area contributed by atoms with Crippen molar-refractivity contribution in [1.29, 1.82) is 0 Å². The molecule has 2 aliphatic rings. The zero-order chi connectivity index (χ0) is 25.1. The molecule has 1 spiro atoms. The molecule has 6 rings (SSSR count). The second-order valence-corrected chi connectivity index (χ2v) is 11.1. The number of pyridine rings is 1. The number of aromatic amines is 1. The lowest BCUT2D eigenvalue weighted by atomic mass is 9.49. The smallest absolute Gasteiger partial charge is 0.272 e. The van der Waals surface area contributed by atoms with Crippen LogP contribution in [0.1, 0.15) is 61.6 Å². The first-order valence-electron chi connectivity index (χ1n) is 12.4. The van der Waals surface area contributed by atoms with E-state index in [9.17, 15) is 14.7 Å². The minimum Gasteiger partial charge on any atom is -0.389 e. The van der Waals surface area contributed by atoms with Gasteiger partial charge in [0.25, 0.3) is 11.5 Å². The molecule has 2 fully saturated rings. The second-order valence-electron chi connectivity index (χ2n) is 11.1. The first-order chi connectivity index (χ1) is 17.2. The average Bonchev–Trinajstić information content (AvgIpc) is 3.22. The largest absolute Gasteiger partial charge is 0.389 e. The molecule has 4 aromatic rings. The van der Waals surface area contributed by atoms with Gasteiger partial charge < -0.3 is 15.7 Å². The van der Waals surface area contributed by atoms with E-state index < -0.39 is 5.60 Å². The molecule has 0 unspecified atom stereocenters. The number of benzene rings is 1. The Morgan fingerprint density at radius 3 is 2.69 bits per heavy atom. The summed E-state index contributed by atoms with van der Waals surface area (Å²) in [6.45, 7) is 3.90. The third kappa shape index (κ3) is 4.03. The highest BCUT2D eigenvalue weighted by Crippen LogP contribution is 2.62. The lowest BCUT2D eigenvalue weighted by molar-refractivity contribution is -0.0197. The van der Waals surface area contributed by atoms with Crippen molar-refractivity contribution >= 4 is 28.0 Å². The predicted molar refractivity (Wildman–Crippen MR) is 137 cm³/mol. The fraction of sp³-hybridized carbons (Fsp3) is 0.407. The van der Waals surface area contributed by atoms with Crippen LogP contribution in [0.25, 0.3) is 16.4 Å². The van der Waals surface area contributed by atoms with E-state index in [1.807, 2.05) is 42.6 Å². The second kappa shape index (κ2) is 8.16. The molecule has 186 valence electrons. The zero-order valence-corrected chi connectivity index (χ0v) is 20.4. The van der Waals surface area contributed by atoms with Gasteiger partial charge in [0.05, 0.1) is 22.9 Å². The van der Waals surface area contributed by atoms with Crippen molar-refractivity contribution in [3.63, 3.8) is 0 Å². The van der Waals surface area contributed by atoms with Gasteiger partial charge in [-0.2, -0.15) is 5.10 Å². The Bertz CT molecular complexity index is 1520. The number of carbonyl (C=O) groups excluding carboxylic acids is 1. The number of H-pyrrole nitrogens is 1. The maximum atomic E-state index is 13.0. The van der Waals surface area contributed by atoms with Crippen LogP contribution < -0.4 is 16.2 Å². The number of nitrogens with zero attached hydrogens (tertiary/aromatic N) is 3. The highest BCUT2D eigenvalue weighted by Gasteiger charge is 2.54. The average molecular weight is 487 g/mol. The Balaban J connectivity index is 1.07. The van der Waals surface area contributed by atoms with E-state index in [1.165, 1.54) is 0 Å². The SMILES string of the molecule is CC(C)(O)CNc1ccn2c(C(=O)N[C@H]3CC4(C3)C[C@H](c3n[nH]c(=O)c5ccccc53)C4)cnc2c1. The van der Waals surface area contributed by atoms with Crippen LogP contribution in [0, 0.1) is 5.41 Å². The molecule has 4 N–H and O–H groups in total. The van der Waals surface area contributed by atoms with Crippen LogP contribution in [-0.4, -0.2) is 48.8 Å². The van der Waals surface area contributed by atoms with Crippen LogP contribution >= 0.6 is 0 Å². The lowest BCUT2D eigenvalue weighted by Gasteiger charge is -2.57. The molecule has 0 saturated heterocycles. The van der Waals surface area contributed by atoms with Crippen molar-refractivity contribution in [2.75, 3.05) is 11.9 Å². The van der Waals surface area contributed by atoms with Gasteiger partial charge >= 0.3 is 0 Å². The quantitative estimate of drug-likeness (QED) is 0.332. The van der Waals surface area contributed by atoms with Crippen LogP contribution in [0.4, 0.5) is 5.69 Å². The summed E-state index contributed by atoms with van der Waals surface area (Å²) in [7, 11) is 0. The van der Waals surface area contributed by atoms with Crippen molar-refractivity contribution in [3.05, 3.63) is 70.5 Å². The van der Waals surface area contributed by atoms with E-state index in [0.29, 0.717) is 29.2 Å². The minimum atomic E-state index is -0.822. The van der Waals surface area contributed by atoms with Crippen molar-refractivity contribution in [2.45, 2.75) is 57.1 Å². The van der Waals surface area contributed by atoms with Crippen LogP contribution in [0.15, 0.2) is 53.6 Å². The number of carbonyl (C=O) groups is 1. The molecule has 2 aliphatic carbocycles. The first kappa shape index (κ1) is 22.7. The number of fused-ring (bicyclic) bond motifs is 2. The fourth-order valence-corrected chi connectivity index (χ4v) is 5.88. The summed E-state index contributed by atoms with van der Waals surface area (Å²) in [5.41, 5.74) is 2.28. The van der Waals surface area contributed by atoms with Gasteiger partial charge in [-0.25, -0.2) is 10.1 Å². The van der Waals surface area contributed by atoms with Crippen LogP contribution in [-0.2, 0) is 0 Å². The summed E-state index contributed by atoms with van der Waals surface area (Å²) >= 11 is 0. The molecule has 1 amide bonds. The Morgan fingerprint density at radius 1 is 1.19 bits per heavy atom. The summed E-state index contributed by atoms with van der Waals surface area (Å²) in [5.74, 6) is 0.213. The number of rotatable bonds is 6. The maximum absolute atomic E-state index is 13.0. The van der Waals surface area contributed by atoms with Gasteiger partial charge in [0, 0.05) is 41.8 Å². The molecule has 3 aromatic heterocycles. The lowest BCUT2D eigenvalue weighted by Crippen LogP contribution is -2.55. The van der Waals surface area contributed by atoms with E-state index in [4.69, 9.17) is 0 Å². The van der Waals surface area contributed by atoms with Gasteiger partial charge in [-0.15, -0.1) is 0 Å². The standard InChI is InChI=1S/C27H30N6O3/c1-26(2,36)15-29-17-7-8-33-21(14-28-22(33)9-17)25(35)30-18-12-27(13-18)10-16(11-27)23-19-5-3-4-6-20(19)24(34)32-31-23/h3-9,14,16,18,29,36H,10-13,15H2,1-2H3,(H,30,35)(H,32,34)/t16-,18-,27?. The number of anilines is 1. The highest BCUT2D eigenvalue weighted by atomic mass is 16.3. The van der Waals surface area contributed by atoms with E-state index in [0.717, 1.165) is 42.5 Å². The van der Waals surface area contributed by atoms with E-state index >= 15 is 0 Å². The van der Waals surface area contributed by atoms with Crippen molar-refractivity contribution in [1.82, 2.24) is 24.9 Å². The Labute approximate surface area is 208 Å². The van der Waals surface area contributed by atoms with Gasteiger partial charge in [0.1, 0.15) is 11.3 Å². The summed E-state index contributed by atoms with van der Waals surface area (Å²) in [4.78, 5) is 29.5. The predicted octanol–water partition coefficient (Wildman–Crippen LogP) is 3.21. The van der Waals surface area contributed by atoms with Gasteiger partial charge in [0.2, 0.25) is 0 Å². The minimum absolute atomic E-state index is 0.122. The molecule has 36 heavy (non-hydrogen) atoms. The van der Waals surface area contributed by atoms with Crippen molar-refractivity contribution in [2.24, 2.45) is 5.41 Å². The summed E-state index contributed by atoms with van der Waals surface area (Å²) in [6.07, 6.45) is 7.39. The molecule has 1 aromatic carbocycles. The van der Waals surface area contributed by atoms with Crippen LogP contribution in [0.3, 0.4) is 0 Å². The zero-order valence-electron chi connectivity index (χ0n) is 20.4. The fourth-order valence-electron chi connectivity index (χ4n) is 5.88. The number of hydrogen-bond acceptors (Lipinski definition) is 6. The van der Waals surface area contributed by atoms with Gasteiger partial charge in [-0.3, -0.25) is 14.0 Å². The van der Waals surface area contributed by atoms with Crippen molar-refractivity contribution in [3.8, 4) is 0 Å². The number of amides is 1. The monoisotopic (exact) mass is 486 g/mol. The Morgan fingerprint density at radius 2 is 1.94 bits per heavy atom. The van der Waals surface area contributed by atoms with E-state index in [-0.39, 0.29) is 22.9 Å². The molecular weight excluding hydrogens is 456 g/mol. The molecular formula is C27H30N6O3. The molecule has 2 saturated carbocycles.